The second-order valence-corrected chi connectivity index (χ2v) is 5.51. The summed E-state index contributed by atoms with van der Waals surface area (Å²) in [7, 11) is 1.60. The molecule has 0 spiro atoms. The molecular formula is C20H18N2O3. The molecule has 25 heavy (non-hydrogen) atoms. The molecule has 5 nitrogen and oxygen atoms in total. The van der Waals surface area contributed by atoms with E-state index in [4.69, 9.17) is 4.74 Å². The molecule has 0 N–H and O–H groups in total. The Balaban J connectivity index is 1.93. The molecule has 0 atom stereocenters. The van der Waals surface area contributed by atoms with Crippen molar-refractivity contribution in [2.24, 2.45) is 0 Å². The van der Waals surface area contributed by atoms with Crippen LogP contribution >= 0.6 is 0 Å². The van der Waals surface area contributed by atoms with Crippen molar-refractivity contribution in [1.82, 2.24) is 9.55 Å². The van der Waals surface area contributed by atoms with Crippen molar-refractivity contribution < 1.29 is 14.3 Å². The zero-order chi connectivity index (χ0) is 17.6. The molecule has 0 amide bonds. The van der Waals surface area contributed by atoms with Gasteiger partial charge in [0.2, 0.25) is 5.78 Å². The van der Waals surface area contributed by atoms with Gasteiger partial charge in [-0.25, -0.2) is 4.98 Å². The standard InChI is InChI=1S/C20H18N2O3/c1-25-16-7-4-6-15(14-16)10-11-19(24)20-21-17-8-2-3-9-18(17)22(20)12-5-13-23/h2-4,6-11,13-14H,5,12H2,1H3/b11-10+. The Morgan fingerprint density at radius 3 is 2.84 bits per heavy atom. The van der Waals surface area contributed by atoms with Crippen LogP contribution in [-0.2, 0) is 11.3 Å². The van der Waals surface area contributed by atoms with E-state index in [1.807, 2.05) is 48.5 Å². The fourth-order valence-electron chi connectivity index (χ4n) is 2.66. The van der Waals surface area contributed by atoms with Crippen LogP contribution in [-0.4, -0.2) is 28.7 Å². The van der Waals surface area contributed by atoms with E-state index in [1.165, 1.54) is 6.08 Å². The van der Waals surface area contributed by atoms with Crippen molar-refractivity contribution in [3.05, 3.63) is 66.0 Å². The van der Waals surface area contributed by atoms with E-state index in [-0.39, 0.29) is 5.78 Å². The molecule has 0 saturated carbocycles. The molecule has 3 aromatic rings. The van der Waals surface area contributed by atoms with Crippen molar-refractivity contribution in [2.45, 2.75) is 13.0 Å². The Morgan fingerprint density at radius 1 is 1.20 bits per heavy atom. The number of fused-ring (bicyclic) bond motifs is 1. The van der Waals surface area contributed by atoms with Crippen LogP contribution in [0.5, 0.6) is 5.75 Å². The number of benzene rings is 2. The number of aryl methyl sites for hydroxylation is 1. The zero-order valence-electron chi connectivity index (χ0n) is 13.9. The number of nitrogens with zero attached hydrogens (tertiary/aromatic N) is 2. The predicted molar refractivity (Wildman–Crippen MR) is 96.8 cm³/mol. The van der Waals surface area contributed by atoms with E-state index in [0.29, 0.717) is 18.8 Å². The average molecular weight is 334 g/mol. The topological polar surface area (TPSA) is 61.2 Å². The molecular weight excluding hydrogens is 316 g/mol. The summed E-state index contributed by atoms with van der Waals surface area (Å²) in [5.41, 5.74) is 2.46. The lowest BCUT2D eigenvalue weighted by atomic mass is 10.2. The van der Waals surface area contributed by atoms with Gasteiger partial charge in [-0.2, -0.15) is 0 Å². The van der Waals surface area contributed by atoms with Crippen molar-refractivity contribution in [2.75, 3.05) is 7.11 Å². The Morgan fingerprint density at radius 2 is 2.04 bits per heavy atom. The first-order chi connectivity index (χ1) is 12.2. The van der Waals surface area contributed by atoms with Gasteiger partial charge in [0, 0.05) is 13.0 Å². The van der Waals surface area contributed by atoms with Gasteiger partial charge in [0.05, 0.1) is 18.1 Å². The highest BCUT2D eigenvalue weighted by molar-refractivity contribution is 6.06. The second-order valence-electron chi connectivity index (χ2n) is 5.51. The summed E-state index contributed by atoms with van der Waals surface area (Å²) < 4.78 is 6.97. The van der Waals surface area contributed by atoms with Gasteiger partial charge in [-0.15, -0.1) is 0 Å². The molecule has 1 heterocycles. The molecule has 3 rings (SSSR count). The van der Waals surface area contributed by atoms with Crippen LogP contribution in [0.15, 0.2) is 54.6 Å². The van der Waals surface area contributed by atoms with Gasteiger partial charge < -0.3 is 14.1 Å². The van der Waals surface area contributed by atoms with Crippen LogP contribution in [0.2, 0.25) is 0 Å². The van der Waals surface area contributed by atoms with Gasteiger partial charge in [0.25, 0.3) is 0 Å². The van der Waals surface area contributed by atoms with E-state index in [0.717, 1.165) is 28.6 Å². The first kappa shape index (κ1) is 16.6. The maximum atomic E-state index is 12.6. The van der Waals surface area contributed by atoms with Crippen molar-refractivity contribution in [3.63, 3.8) is 0 Å². The third-order valence-corrected chi connectivity index (χ3v) is 3.87. The lowest BCUT2D eigenvalue weighted by molar-refractivity contribution is -0.108. The molecule has 0 fully saturated rings. The van der Waals surface area contributed by atoms with Crippen LogP contribution in [0, 0.1) is 0 Å². The van der Waals surface area contributed by atoms with Gasteiger partial charge in [0.15, 0.2) is 5.82 Å². The number of hydrogen-bond donors (Lipinski definition) is 0. The minimum absolute atomic E-state index is 0.204. The maximum absolute atomic E-state index is 12.6. The molecule has 0 unspecified atom stereocenters. The van der Waals surface area contributed by atoms with Crippen molar-refractivity contribution in [3.8, 4) is 5.75 Å². The highest BCUT2D eigenvalue weighted by atomic mass is 16.5. The van der Waals surface area contributed by atoms with Crippen molar-refractivity contribution >= 4 is 29.2 Å². The average Bonchev–Trinajstić information content (AvgIpc) is 3.03. The molecule has 0 aliphatic rings. The number of hydrogen-bond acceptors (Lipinski definition) is 4. The summed E-state index contributed by atoms with van der Waals surface area (Å²) in [4.78, 5) is 27.8. The minimum atomic E-state index is -0.204. The third kappa shape index (κ3) is 3.66. The van der Waals surface area contributed by atoms with Crippen LogP contribution < -0.4 is 4.74 Å². The number of para-hydroxylation sites is 2. The zero-order valence-corrected chi connectivity index (χ0v) is 13.9. The van der Waals surface area contributed by atoms with Crippen molar-refractivity contribution in [1.29, 1.82) is 0 Å². The molecule has 1 aromatic heterocycles. The highest BCUT2D eigenvalue weighted by Gasteiger charge is 2.15. The lowest BCUT2D eigenvalue weighted by Gasteiger charge is -2.04. The third-order valence-electron chi connectivity index (χ3n) is 3.87. The molecule has 5 heteroatoms. The van der Waals surface area contributed by atoms with E-state index in [1.54, 1.807) is 17.8 Å². The van der Waals surface area contributed by atoms with Crippen LogP contribution in [0.25, 0.3) is 17.1 Å². The monoisotopic (exact) mass is 334 g/mol. The van der Waals surface area contributed by atoms with Gasteiger partial charge in [-0.1, -0.05) is 30.3 Å². The largest absolute Gasteiger partial charge is 0.497 e. The van der Waals surface area contributed by atoms with Gasteiger partial charge in [-0.05, 0) is 35.9 Å². The van der Waals surface area contributed by atoms with Gasteiger partial charge in [0.1, 0.15) is 12.0 Å². The number of rotatable bonds is 7. The second kappa shape index (κ2) is 7.57. The summed E-state index contributed by atoms with van der Waals surface area (Å²) in [6.07, 6.45) is 4.40. The number of aromatic nitrogens is 2. The van der Waals surface area contributed by atoms with Crippen LogP contribution in [0.1, 0.15) is 22.6 Å². The Labute approximate surface area is 145 Å². The molecule has 0 radical (unpaired) electrons. The minimum Gasteiger partial charge on any atom is -0.497 e. The summed E-state index contributed by atoms with van der Waals surface area (Å²) in [6.45, 7) is 0.429. The Kier molecular flexibility index (Phi) is 5.04. The summed E-state index contributed by atoms with van der Waals surface area (Å²) in [5.74, 6) is 0.861. The Bertz CT molecular complexity index is 941. The normalized spacial score (nSPS) is 11.1. The molecule has 126 valence electrons. The highest BCUT2D eigenvalue weighted by Crippen LogP contribution is 2.18. The SMILES string of the molecule is COc1cccc(/C=C/C(=O)c2nc3ccccc3n2CCC=O)c1. The molecule has 2 aromatic carbocycles. The summed E-state index contributed by atoms with van der Waals surface area (Å²) in [6, 6.07) is 15.0. The van der Waals surface area contributed by atoms with Gasteiger partial charge >= 0.3 is 0 Å². The number of allylic oxidation sites excluding steroid dienone is 1. The fourth-order valence-corrected chi connectivity index (χ4v) is 2.66. The first-order valence-corrected chi connectivity index (χ1v) is 7.98. The molecule has 0 aliphatic carbocycles. The molecule has 0 aliphatic heterocycles. The maximum Gasteiger partial charge on any atom is 0.221 e. The van der Waals surface area contributed by atoms with E-state index in [9.17, 15) is 9.59 Å². The number of carbonyl (C=O) groups is 2. The van der Waals surface area contributed by atoms with E-state index in [2.05, 4.69) is 4.98 Å². The predicted octanol–water partition coefficient (Wildman–Crippen LogP) is 3.53. The number of ether oxygens (including phenoxy) is 1. The fraction of sp³-hybridized carbons (Fsp3) is 0.150. The molecule has 0 saturated heterocycles. The lowest BCUT2D eigenvalue weighted by Crippen LogP contribution is -2.09. The van der Waals surface area contributed by atoms with Gasteiger partial charge in [-0.3, -0.25) is 4.79 Å². The summed E-state index contributed by atoms with van der Waals surface area (Å²) in [5, 5.41) is 0. The quantitative estimate of drug-likeness (QED) is 0.377. The van der Waals surface area contributed by atoms with Crippen LogP contribution in [0.3, 0.4) is 0 Å². The first-order valence-electron chi connectivity index (χ1n) is 7.98. The number of aldehydes is 1. The number of carbonyl (C=O) groups excluding carboxylic acids is 2. The number of methoxy groups -OCH3 is 1. The Hall–Kier alpha value is -3.21. The number of imidazole rings is 1. The van der Waals surface area contributed by atoms with Crippen LogP contribution in [0.4, 0.5) is 0 Å². The van der Waals surface area contributed by atoms with E-state index >= 15 is 0 Å². The molecule has 0 bridgehead atoms. The number of ketones is 1. The summed E-state index contributed by atoms with van der Waals surface area (Å²) >= 11 is 0. The smallest absolute Gasteiger partial charge is 0.221 e. The van der Waals surface area contributed by atoms with E-state index < -0.39 is 0 Å².